The van der Waals surface area contributed by atoms with Gasteiger partial charge >= 0.3 is 0 Å². The Morgan fingerprint density at radius 1 is 1.58 bits per heavy atom. The van der Waals surface area contributed by atoms with Gasteiger partial charge in [-0.2, -0.15) is 5.10 Å². The highest BCUT2D eigenvalue weighted by Crippen LogP contribution is 2.10. The van der Waals surface area contributed by atoms with Gasteiger partial charge in [-0.15, -0.1) is 0 Å². The van der Waals surface area contributed by atoms with Crippen molar-refractivity contribution < 1.29 is 9.59 Å². The fourth-order valence-electron chi connectivity index (χ4n) is 2.15. The van der Waals surface area contributed by atoms with Gasteiger partial charge in [-0.05, 0) is 19.9 Å². The Balaban J connectivity index is 2.15. The van der Waals surface area contributed by atoms with Crippen LogP contribution >= 0.6 is 0 Å². The predicted octanol–water partition coefficient (Wildman–Crippen LogP) is -0.732. The number of piperazine rings is 1. The van der Waals surface area contributed by atoms with Crippen LogP contribution in [0.15, 0.2) is 6.07 Å². The standard InChI is InChI=1S/C12H19N5O2/c1-3-14-11(18)10-7-13-4-5-17(10)12(19)9-6-8(2)15-16-9/h6,10,13H,3-5,7H2,1-2H3,(H,14,18)(H,15,16). The van der Waals surface area contributed by atoms with Gasteiger partial charge in [0.1, 0.15) is 11.7 Å². The van der Waals surface area contributed by atoms with Gasteiger partial charge < -0.3 is 15.5 Å². The molecule has 104 valence electrons. The van der Waals surface area contributed by atoms with Crippen molar-refractivity contribution in [3.05, 3.63) is 17.5 Å². The number of carbonyl (C=O) groups is 2. The van der Waals surface area contributed by atoms with E-state index in [0.29, 0.717) is 31.9 Å². The van der Waals surface area contributed by atoms with E-state index in [0.717, 1.165) is 5.69 Å². The molecule has 1 aromatic heterocycles. The van der Waals surface area contributed by atoms with E-state index in [4.69, 9.17) is 0 Å². The van der Waals surface area contributed by atoms with E-state index in [-0.39, 0.29) is 11.8 Å². The van der Waals surface area contributed by atoms with Crippen LogP contribution in [0.1, 0.15) is 23.1 Å². The maximum absolute atomic E-state index is 12.4. The number of likely N-dealkylation sites (N-methyl/N-ethyl adjacent to an activating group) is 1. The van der Waals surface area contributed by atoms with Crippen molar-refractivity contribution in [1.82, 2.24) is 25.7 Å². The van der Waals surface area contributed by atoms with Crippen molar-refractivity contribution in [2.45, 2.75) is 19.9 Å². The minimum Gasteiger partial charge on any atom is -0.355 e. The second-order valence-electron chi connectivity index (χ2n) is 4.55. The first-order valence-corrected chi connectivity index (χ1v) is 6.45. The molecule has 0 aromatic carbocycles. The molecule has 3 N–H and O–H groups in total. The molecule has 1 aliphatic heterocycles. The highest BCUT2D eigenvalue weighted by atomic mass is 16.2. The maximum Gasteiger partial charge on any atom is 0.275 e. The fraction of sp³-hybridized carbons (Fsp3) is 0.583. The lowest BCUT2D eigenvalue weighted by Gasteiger charge is -2.34. The van der Waals surface area contributed by atoms with Gasteiger partial charge in [-0.3, -0.25) is 14.7 Å². The monoisotopic (exact) mass is 265 g/mol. The first kappa shape index (κ1) is 13.5. The van der Waals surface area contributed by atoms with E-state index in [1.807, 2.05) is 13.8 Å². The lowest BCUT2D eigenvalue weighted by Crippen LogP contribution is -2.59. The summed E-state index contributed by atoms with van der Waals surface area (Å²) in [6, 6.07) is 1.22. The van der Waals surface area contributed by atoms with Crippen LogP contribution < -0.4 is 10.6 Å². The topological polar surface area (TPSA) is 90.1 Å². The molecule has 7 nitrogen and oxygen atoms in total. The Morgan fingerprint density at radius 2 is 2.37 bits per heavy atom. The number of aromatic nitrogens is 2. The van der Waals surface area contributed by atoms with Crippen molar-refractivity contribution in [3.8, 4) is 0 Å². The maximum atomic E-state index is 12.4. The predicted molar refractivity (Wildman–Crippen MR) is 69.7 cm³/mol. The largest absolute Gasteiger partial charge is 0.355 e. The normalized spacial score (nSPS) is 19.3. The van der Waals surface area contributed by atoms with E-state index < -0.39 is 6.04 Å². The summed E-state index contributed by atoms with van der Waals surface area (Å²) in [5.41, 5.74) is 1.18. The molecular weight excluding hydrogens is 246 g/mol. The Kier molecular flexibility index (Phi) is 4.16. The van der Waals surface area contributed by atoms with Gasteiger partial charge in [-0.25, -0.2) is 0 Å². The molecule has 1 fully saturated rings. The highest BCUT2D eigenvalue weighted by Gasteiger charge is 2.33. The van der Waals surface area contributed by atoms with Crippen molar-refractivity contribution in [3.63, 3.8) is 0 Å². The molecule has 0 spiro atoms. The number of nitrogens with zero attached hydrogens (tertiary/aromatic N) is 2. The second-order valence-corrected chi connectivity index (χ2v) is 4.55. The number of carbonyl (C=O) groups excluding carboxylic acids is 2. The van der Waals surface area contributed by atoms with Crippen LogP contribution in [0.5, 0.6) is 0 Å². The van der Waals surface area contributed by atoms with Crippen molar-refractivity contribution in [1.29, 1.82) is 0 Å². The van der Waals surface area contributed by atoms with E-state index >= 15 is 0 Å². The summed E-state index contributed by atoms with van der Waals surface area (Å²) in [5.74, 6) is -0.336. The quantitative estimate of drug-likeness (QED) is 0.672. The van der Waals surface area contributed by atoms with Gasteiger partial charge in [0.15, 0.2) is 0 Å². The number of nitrogens with one attached hydrogen (secondary N) is 3. The third kappa shape index (κ3) is 2.93. The third-order valence-electron chi connectivity index (χ3n) is 3.08. The van der Waals surface area contributed by atoms with Crippen molar-refractivity contribution in [2.75, 3.05) is 26.2 Å². The molecule has 0 bridgehead atoms. The number of aryl methyl sites for hydroxylation is 1. The molecule has 7 heteroatoms. The van der Waals surface area contributed by atoms with E-state index in [1.54, 1.807) is 11.0 Å². The van der Waals surface area contributed by atoms with Crippen LogP contribution in [0.4, 0.5) is 0 Å². The summed E-state index contributed by atoms with van der Waals surface area (Å²) in [6.07, 6.45) is 0. The number of hydrogen-bond acceptors (Lipinski definition) is 4. The lowest BCUT2D eigenvalue weighted by molar-refractivity contribution is -0.126. The van der Waals surface area contributed by atoms with Crippen LogP contribution in [-0.2, 0) is 4.79 Å². The zero-order valence-corrected chi connectivity index (χ0v) is 11.2. The molecule has 0 saturated carbocycles. The van der Waals surface area contributed by atoms with Gasteiger partial charge in [0, 0.05) is 31.9 Å². The molecular formula is C12H19N5O2. The fourth-order valence-corrected chi connectivity index (χ4v) is 2.15. The van der Waals surface area contributed by atoms with Crippen molar-refractivity contribution in [2.24, 2.45) is 0 Å². The average Bonchev–Trinajstić information content (AvgIpc) is 2.85. The number of aromatic amines is 1. The zero-order valence-electron chi connectivity index (χ0n) is 11.2. The number of rotatable bonds is 3. The van der Waals surface area contributed by atoms with Gasteiger partial charge in [0.05, 0.1) is 0 Å². The lowest BCUT2D eigenvalue weighted by atomic mass is 10.1. The third-order valence-corrected chi connectivity index (χ3v) is 3.08. The van der Waals surface area contributed by atoms with Crippen LogP contribution in [0, 0.1) is 6.92 Å². The molecule has 2 heterocycles. The molecule has 0 aliphatic carbocycles. The summed E-state index contributed by atoms with van der Waals surface area (Å²) in [4.78, 5) is 25.9. The Labute approximate surface area is 111 Å². The highest BCUT2D eigenvalue weighted by molar-refractivity contribution is 5.96. The minimum absolute atomic E-state index is 0.129. The first-order valence-electron chi connectivity index (χ1n) is 6.45. The summed E-state index contributed by atoms with van der Waals surface area (Å²) < 4.78 is 0. The molecule has 1 unspecified atom stereocenters. The zero-order chi connectivity index (χ0) is 13.8. The SMILES string of the molecule is CCNC(=O)C1CNCCN1C(=O)c1cc(C)[nH]n1. The Morgan fingerprint density at radius 3 is 3.00 bits per heavy atom. The molecule has 1 aliphatic rings. The number of H-pyrrole nitrogens is 1. The van der Waals surface area contributed by atoms with Crippen LogP contribution in [0.2, 0.25) is 0 Å². The van der Waals surface area contributed by atoms with Gasteiger partial charge in [0.2, 0.25) is 5.91 Å². The second kappa shape index (κ2) is 5.83. The first-order chi connectivity index (χ1) is 9.13. The molecule has 1 atom stereocenters. The van der Waals surface area contributed by atoms with Crippen LogP contribution in [-0.4, -0.2) is 59.1 Å². The number of amides is 2. The summed E-state index contributed by atoms with van der Waals surface area (Å²) in [5, 5.41) is 12.6. The van der Waals surface area contributed by atoms with Gasteiger partial charge in [0.25, 0.3) is 5.91 Å². The molecule has 2 amide bonds. The van der Waals surface area contributed by atoms with E-state index in [2.05, 4.69) is 20.8 Å². The van der Waals surface area contributed by atoms with E-state index in [1.165, 1.54) is 0 Å². The van der Waals surface area contributed by atoms with E-state index in [9.17, 15) is 9.59 Å². The average molecular weight is 265 g/mol. The molecule has 0 radical (unpaired) electrons. The number of hydrogen-bond donors (Lipinski definition) is 3. The Hall–Kier alpha value is -1.89. The molecule has 2 rings (SSSR count). The van der Waals surface area contributed by atoms with Crippen molar-refractivity contribution >= 4 is 11.8 Å². The molecule has 1 saturated heterocycles. The Bertz CT molecular complexity index is 470. The summed E-state index contributed by atoms with van der Waals surface area (Å²) in [6.45, 7) is 5.91. The summed E-state index contributed by atoms with van der Waals surface area (Å²) in [7, 11) is 0. The van der Waals surface area contributed by atoms with Crippen LogP contribution in [0.3, 0.4) is 0 Å². The molecule has 19 heavy (non-hydrogen) atoms. The van der Waals surface area contributed by atoms with Crippen LogP contribution in [0.25, 0.3) is 0 Å². The smallest absolute Gasteiger partial charge is 0.275 e. The minimum atomic E-state index is -0.474. The summed E-state index contributed by atoms with van der Waals surface area (Å²) >= 11 is 0. The molecule has 1 aromatic rings. The van der Waals surface area contributed by atoms with Gasteiger partial charge in [-0.1, -0.05) is 0 Å².